The first-order chi connectivity index (χ1) is 9.11. The van der Waals surface area contributed by atoms with Crippen LogP contribution in [0.4, 0.5) is 11.5 Å². The SMILES string of the molecule is COCC1CN(c2cc(C)c([N+](=O)[O-])cn2)CCO1. The molecule has 1 aliphatic rings. The summed E-state index contributed by atoms with van der Waals surface area (Å²) in [6.45, 7) is 4.26. The van der Waals surface area contributed by atoms with Crippen molar-refractivity contribution in [1.29, 1.82) is 0 Å². The molecule has 0 spiro atoms. The summed E-state index contributed by atoms with van der Waals surface area (Å²) in [5, 5.41) is 10.8. The van der Waals surface area contributed by atoms with Crippen LogP contribution in [0.1, 0.15) is 5.56 Å². The first kappa shape index (κ1) is 13.7. The Bertz CT molecular complexity index is 464. The fraction of sp³-hybridized carbons (Fsp3) is 0.583. The lowest BCUT2D eigenvalue weighted by molar-refractivity contribution is -0.385. The molecule has 104 valence electrons. The molecule has 1 aromatic rings. The maximum absolute atomic E-state index is 10.8. The number of aryl methyl sites for hydroxylation is 1. The lowest BCUT2D eigenvalue weighted by Crippen LogP contribution is -2.44. The van der Waals surface area contributed by atoms with Crippen molar-refractivity contribution in [3.8, 4) is 0 Å². The number of hydrogen-bond donors (Lipinski definition) is 0. The molecular weight excluding hydrogens is 250 g/mol. The van der Waals surface area contributed by atoms with E-state index in [1.54, 1.807) is 20.1 Å². The monoisotopic (exact) mass is 267 g/mol. The fourth-order valence-electron chi connectivity index (χ4n) is 2.11. The number of hydrogen-bond acceptors (Lipinski definition) is 6. The van der Waals surface area contributed by atoms with Gasteiger partial charge in [0, 0.05) is 25.8 Å². The minimum atomic E-state index is -0.418. The summed E-state index contributed by atoms with van der Waals surface area (Å²) in [7, 11) is 1.64. The highest BCUT2D eigenvalue weighted by molar-refractivity contribution is 5.48. The van der Waals surface area contributed by atoms with Crippen LogP contribution in [-0.2, 0) is 9.47 Å². The molecule has 0 bridgehead atoms. The third-order valence-corrected chi connectivity index (χ3v) is 3.08. The third-order valence-electron chi connectivity index (χ3n) is 3.08. The van der Waals surface area contributed by atoms with Crippen LogP contribution < -0.4 is 4.90 Å². The predicted octanol–water partition coefficient (Wildman–Crippen LogP) is 1.15. The Morgan fingerprint density at radius 3 is 3.11 bits per heavy atom. The summed E-state index contributed by atoms with van der Waals surface area (Å²) < 4.78 is 10.6. The maximum atomic E-state index is 10.8. The molecule has 0 amide bonds. The standard InChI is InChI=1S/C12H17N3O4/c1-9-5-12(13-6-11(9)15(16)17)14-3-4-19-10(7-14)8-18-2/h5-6,10H,3-4,7-8H2,1-2H3. The van der Waals surface area contributed by atoms with Gasteiger partial charge in [-0.15, -0.1) is 0 Å². The first-order valence-electron chi connectivity index (χ1n) is 6.08. The van der Waals surface area contributed by atoms with E-state index in [0.29, 0.717) is 25.3 Å². The Balaban J connectivity index is 2.13. The largest absolute Gasteiger partial charge is 0.382 e. The third kappa shape index (κ3) is 3.18. The van der Waals surface area contributed by atoms with E-state index in [0.717, 1.165) is 12.4 Å². The van der Waals surface area contributed by atoms with Gasteiger partial charge in [0.25, 0.3) is 5.69 Å². The molecule has 1 fully saturated rings. The molecular formula is C12H17N3O4. The lowest BCUT2D eigenvalue weighted by Gasteiger charge is -2.33. The van der Waals surface area contributed by atoms with Crippen LogP contribution in [0.15, 0.2) is 12.3 Å². The summed E-state index contributed by atoms with van der Waals surface area (Å²) in [6, 6.07) is 1.74. The van der Waals surface area contributed by atoms with Crippen molar-refractivity contribution < 1.29 is 14.4 Å². The van der Waals surface area contributed by atoms with Gasteiger partial charge in [-0.3, -0.25) is 10.1 Å². The number of rotatable bonds is 4. The highest BCUT2D eigenvalue weighted by Crippen LogP contribution is 2.22. The molecule has 2 heterocycles. The van der Waals surface area contributed by atoms with Crippen LogP contribution in [0.25, 0.3) is 0 Å². The predicted molar refractivity (Wildman–Crippen MR) is 69.5 cm³/mol. The van der Waals surface area contributed by atoms with Gasteiger partial charge in [-0.05, 0) is 13.0 Å². The molecule has 0 aliphatic carbocycles. The average Bonchev–Trinajstić information content (AvgIpc) is 2.39. The van der Waals surface area contributed by atoms with E-state index < -0.39 is 4.92 Å². The normalized spacial score (nSPS) is 19.5. The second-order valence-electron chi connectivity index (χ2n) is 4.48. The average molecular weight is 267 g/mol. The molecule has 7 heteroatoms. The van der Waals surface area contributed by atoms with Gasteiger partial charge in [0.05, 0.1) is 24.2 Å². The Morgan fingerprint density at radius 1 is 1.68 bits per heavy atom. The number of nitro groups is 1. The molecule has 19 heavy (non-hydrogen) atoms. The molecule has 0 N–H and O–H groups in total. The van der Waals surface area contributed by atoms with Crippen molar-refractivity contribution in [2.45, 2.75) is 13.0 Å². The van der Waals surface area contributed by atoms with Crippen molar-refractivity contribution >= 4 is 11.5 Å². The minimum Gasteiger partial charge on any atom is -0.382 e. The van der Waals surface area contributed by atoms with Crippen LogP contribution in [0.2, 0.25) is 0 Å². The number of aromatic nitrogens is 1. The zero-order valence-corrected chi connectivity index (χ0v) is 11.0. The zero-order valence-electron chi connectivity index (χ0n) is 11.0. The van der Waals surface area contributed by atoms with Crippen molar-refractivity contribution in [1.82, 2.24) is 4.98 Å². The van der Waals surface area contributed by atoms with Gasteiger partial charge in [-0.2, -0.15) is 0 Å². The number of ether oxygens (including phenoxy) is 2. The Labute approximate surface area is 111 Å². The number of methoxy groups -OCH3 is 1. The first-order valence-corrected chi connectivity index (χ1v) is 6.08. The molecule has 0 saturated carbocycles. The molecule has 1 aromatic heterocycles. The summed E-state index contributed by atoms with van der Waals surface area (Å²) in [6.07, 6.45) is 1.32. The van der Waals surface area contributed by atoms with Gasteiger partial charge >= 0.3 is 0 Å². The van der Waals surface area contributed by atoms with E-state index in [1.807, 2.05) is 0 Å². The molecule has 1 aliphatic heterocycles. The number of anilines is 1. The zero-order chi connectivity index (χ0) is 13.8. The maximum Gasteiger partial charge on any atom is 0.290 e. The van der Waals surface area contributed by atoms with Crippen molar-refractivity contribution in [2.75, 3.05) is 38.3 Å². The Morgan fingerprint density at radius 2 is 2.47 bits per heavy atom. The quantitative estimate of drug-likeness (QED) is 0.601. The molecule has 1 saturated heterocycles. The summed E-state index contributed by atoms with van der Waals surface area (Å²) in [5.41, 5.74) is 0.662. The van der Waals surface area contributed by atoms with E-state index in [2.05, 4.69) is 9.88 Å². The molecule has 2 rings (SSSR count). The number of pyridine rings is 1. The second-order valence-corrected chi connectivity index (χ2v) is 4.48. The van der Waals surface area contributed by atoms with Crippen LogP contribution in [0.3, 0.4) is 0 Å². The topological polar surface area (TPSA) is 77.7 Å². The van der Waals surface area contributed by atoms with Crippen LogP contribution >= 0.6 is 0 Å². The van der Waals surface area contributed by atoms with Gasteiger partial charge in [-0.1, -0.05) is 0 Å². The lowest BCUT2D eigenvalue weighted by atomic mass is 10.2. The molecule has 1 unspecified atom stereocenters. The Kier molecular flexibility index (Phi) is 4.28. The van der Waals surface area contributed by atoms with Gasteiger partial charge < -0.3 is 14.4 Å². The van der Waals surface area contributed by atoms with Gasteiger partial charge in [0.1, 0.15) is 12.0 Å². The van der Waals surface area contributed by atoms with Gasteiger partial charge in [-0.25, -0.2) is 4.98 Å². The van der Waals surface area contributed by atoms with Gasteiger partial charge in [0.2, 0.25) is 0 Å². The minimum absolute atomic E-state index is 0.0102. The summed E-state index contributed by atoms with van der Waals surface area (Å²) in [4.78, 5) is 16.6. The van der Waals surface area contributed by atoms with E-state index in [4.69, 9.17) is 9.47 Å². The van der Waals surface area contributed by atoms with Crippen molar-refractivity contribution in [3.63, 3.8) is 0 Å². The van der Waals surface area contributed by atoms with E-state index >= 15 is 0 Å². The molecule has 1 atom stereocenters. The summed E-state index contributed by atoms with van der Waals surface area (Å²) in [5.74, 6) is 0.743. The van der Waals surface area contributed by atoms with Crippen molar-refractivity contribution in [2.24, 2.45) is 0 Å². The van der Waals surface area contributed by atoms with E-state index in [-0.39, 0.29) is 11.8 Å². The fourth-order valence-corrected chi connectivity index (χ4v) is 2.11. The van der Waals surface area contributed by atoms with Gasteiger partial charge in [0.15, 0.2) is 0 Å². The Hall–Kier alpha value is -1.73. The second kappa shape index (κ2) is 5.94. The molecule has 0 aromatic carbocycles. The van der Waals surface area contributed by atoms with Crippen LogP contribution in [0, 0.1) is 17.0 Å². The highest BCUT2D eigenvalue weighted by Gasteiger charge is 2.22. The molecule has 0 radical (unpaired) electrons. The number of nitrogens with zero attached hydrogens (tertiary/aromatic N) is 3. The molecule has 7 nitrogen and oxygen atoms in total. The van der Waals surface area contributed by atoms with E-state index in [1.165, 1.54) is 6.20 Å². The van der Waals surface area contributed by atoms with Crippen LogP contribution in [-0.4, -0.2) is 49.4 Å². The highest BCUT2D eigenvalue weighted by atomic mass is 16.6. The number of morpholine rings is 1. The smallest absolute Gasteiger partial charge is 0.290 e. The van der Waals surface area contributed by atoms with E-state index in [9.17, 15) is 10.1 Å². The summed E-state index contributed by atoms with van der Waals surface area (Å²) >= 11 is 0. The van der Waals surface area contributed by atoms with Crippen molar-refractivity contribution in [3.05, 3.63) is 27.9 Å². The van der Waals surface area contributed by atoms with Crippen LogP contribution in [0.5, 0.6) is 0 Å².